The number of aromatic nitrogens is 1. The fourth-order valence-electron chi connectivity index (χ4n) is 2.00. The fraction of sp³-hybridized carbons (Fsp3) is 0.385. The van der Waals surface area contributed by atoms with Gasteiger partial charge in [-0.3, -0.25) is 14.7 Å². The minimum atomic E-state index is -0.974. The lowest BCUT2D eigenvalue weighted by Gasteiger charge is -2.09. The number of nitro groups is 1. The van der Waals surface area contributed by atoms with Crippen molar-refractivity contribution in [3.05, 3.63) is 49.3 Å². The van der Waals surface area contributed by atoms with Gasteiger partial charge in [0.15, 0.2) is 5.39 Å². The van der Waals surface area contributed by atoms with E-state index in [-0.39, 0.29) is 16.6 Å². The van der Waals surface area contributed by atoms with Crippen LogP contribution in [0.5, 0.6) is 0 Å². The number of non-ortho nitro benzene ring substituents is 1. The number of nitro benzene ring substituents is 1. The van der Waals surface area contributed by atoms with E-state index < -0.39 is 16.3 Å². The van der Waals surface area contributed by atoms with Crippen LogP contribution in [-0.4, -0.2) is 9.49 Å². The first-order valence-electron chi connectivity index (χ1n) is 6.23. The van der Waals surface area contributed by atoms with Gasteiger partial charge in [-0.05, 0) is 18.4 Å². The summed E-state index contributed by atoms with van der Waals surface area (Å²) in [7, 11) is 0. The third-order valence-corrected chi connectivity index (χ3v) is 3.04. The van der Waals surface area contributed by atoms with Crippen LogP contribution in [-0.2, 0) is 6.54 Å². The van der Waals surface area contributed by atoms with Crippen LogP contribution in [0.15, 0.2) is 32.2 Å². The van der Waals surface area contributed by atoms with E-state index in [0.29, 0.717) is 18.9 Å². The van der Waals surface area contributed by atoms with Crippen LogP contribution in [0.1, 0.15) is 20.3 Å². The summed E-state index contributed by atoms with van der Waals surface area (Å²) in [5.41, 5.74) is -1.09. The van der Waals surface area contributed by atoms with Crippen molar-refractivity contribution in [1.82, 2.24) is 4.57 Å². The summed E-state index contributed by atoms with van der Waals surface area (Å²) in [5.74, 6) is -0.439. The Morgan fingerprint density at radius 1 is 1.35 bits per heavy atom. The van der Waals surface area contributed by atoms with Gasteiger partial charge in [-0.2, -0.15) is 0 Å². The average Bonchev–Trinajstić information content (AvgIpc) is 2.37. The molecule has 0 radical (unpaired) electrons. The molecule has 0 saturated carbocycles. The van der Waals surface area contributed by atoms with Gasteiger partial charge in [0.1, 0.15) is 0 Å². The van der Waals surface area contributed by atoms with Gasteiger partial charge in [0.05, 0.1) is 10.4 Å². The standard InChI is InChI=1S/C13H14N2O5/c1-8(2)6-7-14-9-4-3-5-10(15(18)19)11(9)12(16)20-13(14)17/h3-5,8H,6-7H2,1-2H3. The highest BCUT2D eigenvalue weighted by Crippen LogP contribution is 2.21. The zero-order chi connectivity index (χ0) is 14.9. The largest absolute Gasteiger partial charge is 0.422 e. The van der Waals surface area contributed by atoms with Crippen molar-refractivity contribution in [3.63, 3.8) is 0 Å². The van der Waals surface area contributed by atoms with Gasteiger partial charge in [0.2, 0.25) is 0 Å². The first-order valence-corrected chi connectivity index (χ1v) is 6.23. The molecule has 1 aromatic heterocycles. The highest BCUT2D eigenvalue weighted by atomic mass is 16.6. The molecule has 106 valence electrons. The second-order valence-corrected chi connectivity index (χ2v) is 4.92. The molecule has 2 rings (SSSR count). The molecule has 0 aliphatic heterocycles. The molecule has 7 heteroatoms. The van der Waals surface area contributed by atoms with E-state index in [1.54, 1.807) is 0 Å². The first kappa shape index (κ1) is 14.0. The summed E-state index contributed by atoms with van der Waals surface area (Å²) < 4.78 is 5.86. The maximum Gasteiger partial charge on any atom is 0.422 e. The van der Waals surface area contributed by atoms with Crippen molar-refractivity contribution >= 4 is 16.6 Å². The Morgan fingerprint density at radius 3 is 2.65 bits per heavy atom. The van der Waals surface area contributed by atoms with E-state index in [2.05, 4.69) is 4.42 Å². The normalized spacial score (nSPS) is 11.2. The number of hydrogen-bond donors (Lipinski definition) is 0. The Balaban J connectivity index is 2.76. The molecule has 0 atom stereocenters. The lowest BCUT2D eigenvalue weighted by atomic mass is 10.1. The lowest BCUT2D eigenvalue weighted by molar-refractivity contribution is -0.383. The third kappa shape index (κ3) is 2.47. The maximum atomic E-state index is 11.8. The number of benzene rings is 1. The highest BCUT2D eigenvalue weighted by molar-refractivity contribution is 5.86. The summed E-state index contributed by atoms with van der Waals surface area (Å²) >= 11 is 0. The predicted octanol–water partition coefficient (Wildman–Crippen LogP) is 1.91. The van der Waals surface area contributed by atoms with E-state index in [0.717, 1.165) is 0 Å². The van der Waals surface area contributed by atoms with E-state index in [9.17, 15) is 19.7 Å². The molecule has 20 heavy (non-hydrogen) atoms. The van der Waals surface area contributed by atoms with Crippen molar-refractivity contribution in [1.29, 1.82) is 0 Å². The Labute approximate surface area is 113 Å². The second kappa shape index (κ2) is 5.28. The SMILES string of the molecule is CC(C)CCn1c(=O)oc(=O)c2c([N+](=O)[O-])cccc21. The quantitative estimate of drug-likeness (QED) is 0.628. The molecular weight excluding hydrogens is 264 g/mol. The smallest absolute Gasteiger partial charge is 0.372 e. The van der Waals surface area contributed by atoms with Crippen molar-refractivity contribution in [2.45, 2.75) is 26.8 Å². The minimum absolute atomic E-state index is 0.166. The Kier molecular flexibility index (Phi) is 3.69. The molecule has 0 saturated heterocycles. The molecule has 0 aliphatic rings. The van der Waals surface area contributed by atoms with Crippen LogP contribution in [0.3, 0.4) is 0 Å². The molecule has 1 heterocycles. The zero-order valence-corrected chi connectivity index (χ0v) is 11.2. The van der Waals surface area contributed by atoms with E-state index >= 15 is 0 Å². The predicted molar refractivity (Wildman–Crippen MR) is 72.9 cm³/mol. The van der Waals surface area contributed by atoms with Gasteiger partial charge in [-0.15, -0.1) is 0 Å². The van der Waals surface area contributed by atoms with Gasteiger partial charge in [-0.1, -0.05) is 19.9 Å². The van der Waals surface area contributed by atoms with E-state index in [1.807, 2.05) is 13.8 Å². The topological polar surface area (TPSA) is 95.3 Å². The van der Waals surface area contributed by atoms with E-state index in [1.165, 1.54) is 22.8 Å². The average molecular weight is 278 g/mol. The maximum absolute atomic E-state index is 11.8. The number of fused-ring (bicyclic) bond motifs is 1. The van der Waals surface area contributed by atoms with Crippen LogP contribution < -0.4 is 11.4 Å². The molecule has 0 bridgehead atoms. The summed E-state index contributed by atoms with van der Waals surface area (Å²) in [6.45, 7) is 4.33. The lowest BCUT2D eigenvalue weighted by Crippen LogP contribution is -2.26. The molecule has 2 aromatic rings. The molecule has 0 unspecified atom stereocenters. The van der Waals surface area contributed by atoms with Crippen LogP contribution in [0, 0.1) is 16.0 Å². The second-order valence-electron chi connectivity index (χ2n) is 4.92. The monoisotopic (exact) mass is 278 g/mol. The number of hydrogen-bond acceptors (Lipinski definition) is 5. The Morgan fingerprint density at radius 2 is 2.05 bits per heavy atom. The first-order chi connectivity index (χ1) is 9.41. The molecule has 0 spiro atoms. The fourth-order valence-corrected chi connectivity index (χ4v) is 2.00. The zero-order valence-electron chi connectivity index (χ0n) is 11.2. The van der Waals surface area contributed by atoms with Crippen LogP contribution >= 0.6 is 0 Å². The van der Waals surface area contributed by atoms with Crippen molar-refractivity contribution in [2.75, 3.05) is 0 Å². The molecule has 0 N–H and O–H groups in total. The number of nitrogens with zero attached hydrogens (tertiary/aromatic N) is 2. The van der Waals surface area contributed by atoms with Gasteiger partial charge in [0.25, 0.3) is 5.69 Å². The molecular formula is C13H14N2O5. The van der Waals surface area contributed by atoms with Gasteiger partial charge in [-0.25, -0.2) is 9.59 Å². The van der Waals surface area contributed by atoms with Crippen LogP contribution in [0.2, 0.25) is 0 Å². The molecule has 7 nitrogen and oxygen atoms in total. The van der Waals surface area contributed by atoms with Gasteiger partial charge < -0.3 is 4.42 Å². The van der Waals surface area contributed by atoms with Crippen LogP contribution in [0.4, 0.5) is 5.69 Å². The molecule has 0 aliphatic carbocycles. The summed E-state index contributed by atoms with van der Waals surface area (Å²) in [5, 5.41) is 10.8. The highest BCUT2D eigenvalue weighted by Gasteiger charge is 2.19. The van der Waals surface area contributed by atoms with Crippen molar-refractivity contribution in [2.24, 2.45) is 5.92 Å². The summed E-state index contributed by atoms with van der Waals surface area (Å²) in [6, 6.07) is 4.18. The Bertz CT molecular complexity index is 772. The third-order valence-electron chi connectivity index (χ3n) is 3.04. The molecule has 0 amide bonds. The van der Waals surface area contributed by atoms with Crippen LogP contribution in [0.25, 0.3) is 10.9 Å². The Hall–Kier alpha value is -2.44. The summed E-state index contributed by atoms with van der Waals surface area (Å²) in [6.07, 6.45) is 0.700. The molecule has 1 aromatic carbocycles. The minimum Gasteiger partial charge on any atom is -0.372 e. The van der Waals surface area contributed by atoms with Gasteiger partial charge >= 0.3 is 11.4 Å². The molecule has 0 fully saturated rings. The van der Waals surface area contributed by atoms with E-state index in [4.69, 9.17) is 0 Å². The summed E-state index contributed by atoms with van der Waals surface area (Å²) in [4.78, 5) is 33.8. The number of aryl methyl sites for hydroxylation is 1. The number of rotatable bonds is 4. The van der Waals surface area contributed by atoms with Crippen molar-refractivity contribution in [3.8, 4) is 0 Å². The van der Waals surface area contributed by atoms with Gasteiger partial charge in [0, 0.05) is 12.6 Å². The van der Waals surface area contributed by atoms with Crippen molar-refractivity contribution < 1.29 is 9.34 Å².